The lowest BCUT2D eigenvalue weighted by atomic mass is 10.2. The number of aromatic nitrogens is 2. The van der Waals surface area contributed by atoms with Crippen LogP contribution in [0.2, 0.25) is 0 Å². The Morgan fingerprint density at radius 1 is 1.47 bits per heavy atom. The monoisotopic (exact) mass is 236 g/mol. The van der Waals surface area contributed by atoms with Gasteiger partial charge in [0.05, 0.1) is 23.9 Å². The summed E-state index contributed by atoms with van der Waals surface area (Å²) in [5, 5.41) is 7.31. The third-order valence-corrected chi connectivity index (χ3v) is 3.01. The van der Waals surface area contributed by atoms with Gasteiger partial charge in [0.15, 0.2) is 0 Å². The first-order chi connectivity index (χ1) is 7.99. The predicted molar refractivity (Wildman–Crippen MR) is 61.0 cm³/mol. The van der Waals surface area contributed by atoms with Gasteiger partial charge in [-0.2, -0.15) is 5.10 Å². The highest BCUT2D eigenvalue weighted by atomic mass is 16.2. The lowest BCUT2D eigenvalue weighted by Gasteiger charge is -2.10. The van der Waals surface area contributed by atoms with Gasteiger partial charge in [-0.25, -0.2) is 0 Å². The number of aryl methyl sites for hydroxylation is 2. The van der Waals surface area contributed by atoms with Crippen LogP contribution in [0.25, 0.3) is 0 Å². The fraction of sp³-hybridized carbons (Fsp3) is 0.545. The lowest BCUT2D eigenvalue weighted by molar-refractivity contribution is -0.137. The number of rotatable bonds is 3. The molecule has 1 aromatic heterocycles. The van der Waals surface area contributed by atoms with E-state index in [2.05, 4.69) is 10.4 Å². The highest BCUT2D eigenvalue weighted by Crippen LogP contribution is 2.11. The number of nitrogens with one attached hydrogen (secondary N) is 1. The molecule has 1 unspecified atom stereocenters. The summed E-state index contributed by atoms with van der Waals surface area (Å²) >= 11 is 0. The lowest BCUT2D eigenvalue weighted by Crippen LogP contribution is -2.37. The minimum absolute atomic E-state index is 0.131. The summed E-state index contributed by atoms with van der Waals surface area (Å²) in [7, 11) is 3.37. The molecule has 92 valence electrons. The van der Waals surface area contributed by atoms with Crippen LogP contribution in [-0.4, -0.2) is 39.6 Å². The normalized spacial score (nSPS) is 20.4. The van der Waals surface area contributed by atoms with Crippen LogP contribution in [0, 0.1) is 6.92 Å². The Labute approximate surface area is 99.6 Å². The van der Waals surface area contributed by atoms with E-state index < -0.39 is 6.04 Å². The summed E-state index contributed by atoms with van der Waals surface area (Å²) in [5.41, 5.74) is 1.94. The van der Waals surface area contributed by atoms with E-state index in [-0.39, 0.29) is 18.2 Å². The van der Waals surface area contributed by atoms with Gasteiger partial charge in [-0.3, -0.25) is 24.5 Å². The zero-order valence-electron chi connectivity index (χ0n) is 10.2. The van der Waals surface area contributed by atoms with Crippen LogP contribution in [-0.2, 0) is 23.2 Å². The molecular weight excluding hydrogens is 220 g/mol. The molecule has 6 nitrogen and oxygen atoms in total. The molecule has 1 aromatic rings. The second-order valence-corrected chi connectivity index (χ2v) is 4.33. The molecule has 0 aromatic carbocycles. The molecule has 2 amide bonds. The van der Waals surface area contributed by atoms with Gasteiger partial charge in [-0.1, -0.05) is 0 Å². The topological polar surface area (TPSA) is 67.2 Å². The van der Waals surface area contributed by atoms with Crippen LogP contribution < -0.4 is 5.32 Å². The fourth-order valence-corrected chi connectivity index (χ4v) is 1.97. The maximum absolute atomic E-state index is 11.6. The molecule has 1 aliphatic rings. The second kappa shape index (κ2) is 4.29. The molecule has 2 rings (SSSR count). The molecular formula is C11H16N4O2. The summed E-state index contributed by atoms with van der Waals surface area (Å²) < 4.78 is 1.77. The summed E-state index contributed by atoms with van der Waals surface area (Å²) in [6.45, 7) is 2.45. The highest BCUT2D eigenvalue weighted by molar-refractivity contribution is 6.05. The van der Waals surface area contributed by atoms with Crippen molar-refractivity contribution in [3.8, 4) is 0 Å². The summed E-state index contributed by atoms with van der Waals surface area (Å²) in [6.07, 6.45) is 0.242. The SMILES string of the molecule is Cc1cc(CNC2CC(=O)N(C)C2=O)n(C)n1. The Kier molecular flexibility index (Phi) is 2.97. The average Bonchev–Trinajstić information content (AvgIpc) is 2.71. The largest absolute Gasteiger partial charge is 0.300 e. The molecule has 1 saturated heterocycles. The Balaban J connectivity index is 1.98. The summed E-state index contributed by atoms with van der Waals surface area (Å²) in [5.74, 6) is -0.289. The van der Waals surface area contributed by atoms with Gasteiger partial charge in [0, 0.05) is 20.6 Å². The van der Waals surface area contributed by atoms with Crippen molar-refractivity contribution in [1.29, 1.82) is 0 Å². The van der Waals surface area contributed by atoms with Crippen molar-refractivity contribution < 1.29 is 9.59 Å². The molecule has 1 aliphatic heterocycles. The number of nitrogens with zero attached hydrogens (tertiary/aromatic N) is 3. The van der Waals surface area contributed by atoms with E-state index in [0.717, 1.165) is 11.4 Å². The van der Waals surface area contributed by atoms with Crippen molar-refractivity contribution >= 4 is 11.8 Å². The Bertz CT molecular complexity index is 466. The van der Waals surface area contributed by atoms with E-state index in [1.807, 2.05) is 20.0 Å². The molecule has 6 heteroatoms. The van der Waals surface area contributed by atoms with Gasteiger partial charge in [0.25, 0.3) is 0 Å². The molecule has 2 heterocycles. The molecule has 1 atom stereocenters. The number of carbonyl (C=O) groups is 2. The molecule has 0 radical (unpaired) electrons. The standard InChI is InChI=1S/C11H16N4O2/c1-7-4-8(15(3)13-7)6-12-9-5-10(16)14(2)11(9)17/h4,9,12H,5-6H2,1-3H3. The van der Waals surface area contributed by atoms with Crippen molar-refractivity contribution in [3.05, 3.63) is 17.5 Å². The number of amides is 2. The number of carbonyl (C=O) groups excluding carboxylic acids is 2. The van der Waals surface area contributed by atoms with Gasteiger partial charge in [-0.05, 0) is 13.0 Å². The molecule has 1 fully saturated rings. The van der Waals surface area contributed by atoms with E-state index in [9.17, 15) is 9.59 Å². The summed E-state index contributed by atoms with van der Waals surface area (Å²) in [6, 6.07) is 1.56. The number of hydrogen-bond donors (Lipinski definition) is 1. The van der Waals surface area contributed by atoms with Crippen molar-refractivity contribution in [2.75, 3.05) is 7.05 Å². The zero-order valence-corrected chi connectivity index (χ0v) is 10.2. The third-order valence-electron chi connectivity index (χ3n) is 3.01. The maximum atomic E-state index is 11.6. The zero-order chi connectivity index (χ0) is 12.6. The molecule has 0 bridgehead atoms. The number of likely N-dealkylation sites (tertiary alicyclic amines) is 1. The van der Waals surface area contributed by atoms with Gasteiger partial charge >= 0.3 is 0 Å². The van der Waals surface area contributed by atoms with Crippen molar-refractivity contribution in [1.82, 2.24) is 20.0 Å². The van der Waals surface area contributed by atoms with Crippen molar-refractivity contribution in [2.45, 2.75) is 25.9 Å². The van der Waals surface area contributed by atoms with E-state index >= 15 is 0 Å². The van der Waals surface area contributed by atoms with Gasteiger partial charge in [0.2, 0.25) is 11.8 Å². The molecule has 0 saturated carbocycles. The van der Waals surface area contributed by atoms with E-state index in [0.29, 0.717) is 6.54 Å². The van der Waals surface area contributed by atoms with E-state index in [4.69, 9.17) is 0 Å². The van der Waals surface area contributed by atoms with Crippen LogP contribution in [0.4, 0.5) is 0 Å². The number of likely N-dealkylation sites (N-methyl/N-ethyl adjacent to an activating group) is 1. The Hall–Kier alpha value is -1.69. The molecule has 17 heavy (non-hydrogen) atoms. The first-order valence-electron chi connectivity index (χ1n) is 5.52. The first kappa shape index (κ1) is 11.8. The van der Waals surface area contributed by atoms with Crippen molar-refractivity contribution in [2.24, 2.45) is 7.05 Å². The van der Waals surface area contributed by atoms with Gasteiger partial charge < -0.3 is 0 Å². The predicted octanol–water partition coefficient (Wildman–Crippen LogP) is -0.425. The fourth-order valence-electron chi connectivity index (χ4n) is 1.97. The number of imide groups is 1. The van der Waals surface area contributed by atoms with Crippen molar-refractivity contribution in [3.63, 3.8) is 0 Å². The quantitative estimate of drug-likeness (QED) is 0.723. The van der Waals surface area contributed by atoms with Crippen LogP contribution in [0.15, 0.2) is 6.07 Å². The minimum Gasteiger partial charge on any atom is -0.300 e. The second-order valence-electron chi connectivity index (χ2n) is 4.33. The van der Waals surface area contributed by atoms with Gasteiger partial charge in [0.1, 0.15) is 0 Å². The average molecular weight is 236 g/mol. The third kappa shape index (κ3) is 2.21. The minimum atomic E-state index is -0.400. The van der Waals surface area contributed by atoms with Gasteiger partial charge in [-0.15, -0.1) is 0 Å². The number of hydrogen-bond acceptors (Lipinski definition) is 4. The highest BCUT2D eigenvalue weighted by Gasteiger charge is 2.35. The Morgan fingerprint density at radius 3 is 2.65 bits per heavy atom. The molecule has 0 aliphatic carbocycles. The maximum Gasteiger partial charge on any atom is 0.246 e. The first-order valence-corrected chi connectivity index (χ1v) is 5.52. The van der Waals surface area contributed by atoms with Crippen LogP contribution in [0.5, 0.6) is 0 Å². The van der Waals surface area contributed by atoms with Crippen LogP contribution >= 0.6 is 0 Å². The molecule has 0 spiro atoms. The van der Waals surface area contributed by atoms with Crippen LogP contribution in [0.1, 0.15) is 17.8 Å². The smallest absolute Gasteiger partial charge is 0.246 e. The van der Waals surface area contributed by atoms with E-state index in [1.165, 1.54) is 11.9 Å². The van der Waals surface area contributed by atoms with Crippen LogP contribution in [0.3, 0.4) is 0 Å². The van der Waals surface area contributed by atoms with E-state index in [1.54, 1.807) is 4.68 Å². The Morgan fingerprint density at radius 2 is 2.18 bits per heavy atom. The summed E-state index contributed by atoms with van der Waals surface area (Å²) in [4.78, 5) is 24.1. The molecule has 1 N–H and O–H groups in total.